The molecule has 0 aliphatic rings. The average Bonchev–Trinajstić information content (AvgIpc) is 2.46. The van der Waals surface area contributed by atoms with Gasteiger partial charge in [0.25, 0.3) is 0 Å². The summed E-state index contributed by atoms with van der Waals surface area (Å²) in [5, 5.41) is 15.7. The molecule has 0 spiro atoms. The number of phenolic OH excluding ortho intramolecular Hbond substituents is 1. The van der Waals surface area contributed by atoms with Crippen molar-refractivity contribution in [3.05, 3.63) is 24.3 Å². The first-order valence-corrected chi connectivity index (χ1v) is 5.08. The Morgan fingerprint density at radius 1 is 1.33 bits per heavy atom. The monoisotopic (exact) mass is 197 g/mol. The lowest BCUT2D eigenvalue weighted by molar-refractivity contribution is 0.476. The van der Waals surface area contributed by atoms with E-state index in [1.54, 1.807) is 23.5 Å². The fourth-order valence-electron chi connectivity index (χ4n) is 1.05. The average molecular weight is 197 g/mol. The molecular formula is C8H7NOS2. The molecular weight excluding hydrogens is 190 g/mol. The molecule has 2 aromatic rings. The highest BCUT2D eigenvalue weighted by molar-refractivity contribution is 7.99. The molecule has 0 amide bonds. The van der Waals surface area contributed by atoms with Crippen LogP contribution in [-0.2, 0) is 0 Å². The Morgan fingerprint density at radius 2 is 2.17 bits per heavy atom. The summed E-state index contributed by atoms with van der Waals surface area (Å²) in [5.41, 5.74) is 0. The lowest BCUT2D eigenvalue weighted by Gasteiger charge is -1.89. The maximum atomic E-state index is 9.18. The summed E-state index contributed by atoms with van der Waals surface area (Å²) >= 11 is 2.83. The number of fused-ring (bicyclic) bond motifs is 1. The number of hydrogen-bond acceptors (Lipinski definition) is 4. The summed E-state index contributed by atoms with van der Waals surface area (Å²) in [6.45, 7) is 0. The second-order valence-electron chi connectivity index (χ2n) is 2.41. The highest BCUT2D eigenvalue weighted by atomic mass is 32.2. The van der Waals surface area contributed by atoms with Crippen molar-refractivity contribution in [2.24, 2.45) is 5.14 Å². The highest BCUT2D eigenvalue weighted by Gasteiger charge is 2.00. The number of rotatable bonds is 1. The molecule has 4 heteroatoms. The second kappa shape index (κ2) is 2.97. The molecule has 0 bridgehead atoms. The van der Waals surface area contributed by atoms with Crippen molar-refractivity contribution in [1.29, 1.82) is 0 Å². The third kappa shape index (κ3) is 1.29. The van der Waals surface area contributed by atoms with Crippen molar-refractivity contribution in [2.75, 3.05) is 0 Å². The molecule has 1 aromatic heterocycles. The van der Waals surface area contributed by atoms with E-state index in [0.717, 1.165) is 14.3 Å². The summed E-state index contributed by atoms with van der Waals surface area (Å²) < 4.78 is 2.14. The van der Waals surface area contributed by atoms with Gasteiger partial charge in [-0.25, -0.2) is 0 Å². The van der Waals surface area contributed by atoms with Crippen LogP contribution in [0.3, 0.4) is 0 Å². The largest absolute Gasteiger partial charge is 0.508 e. The lowest BCUT2D eigenvalue weighted by Crippen LogP contribution is -1.70. The van der Waals surface area contributed by atoms with Crippen molar-refractivity contribution in [1.82, 2.24) is 0 Å². The van der Waals surface area contributed by atoms with Crippen LogP contribution in [0.5, 0.6) is 5.75 Å². The van der Waals surface area contributed by atoms with E-state index >= 15 is 0 Å². The fourth-order valence-corrected chi connectivity index (χ4v) is 2.54. The molecule has 1 heterocycles. The molecule has 0 fully saturated rings. The van der Waals surface area contributed by atoms with Gasteiger partial charge in [-0.05, 0) is 41.6 Å². The fraction of sp³-hybridized carbons (Fsp3) is 0. The van der Waals surface area contributed by atoms with Gasteiger partial charge in [-0.1, -0.05) is 0 Å². The van der Waals surface area contributed by atoms with Crippen LogP contribution in [0, 0.1) is 0 Å². The van der Waals surface area contributed by atoms with E-state index in [1.165, 1.54) is 11.9 Å². The van der Waals surface area contributed by atoms with E-state index in [1.807, 2.05) is 12.1 Å². The van der Waals surface area contributed by atoms with E-state index in [9.17, 15) is 5.11 Å². The molecule has 0 unspecified atom stereocenters. The molecule has 1 aromatic carbocycles. The molecule has 2 rings (SSSR count). The van der Waals surface area contributed by atoms with Crippen LogP contribution in [0.15, 0.2) is 28.5 Å². The molecule has 0 aliphatic carbocycles. The number of aromatic hydroxyl groups is 1. The smallest absolute Gasteiger partial charge is 0.117 e. The van der Waals surface area contributed by atoms with Gasteiger partial charge < -0.3 is 5.11 Å². The van der Waals surface area contributed by atoms with Gasteiger partial charge in [0, 0.05) is 4.70 Å². The van der Waals surface area contributed by atoms with Crippen LogP contribution in [0.2, 0.25) is 0 Å². The molecule has 0 atom stereocenters. The van der Waals surface area contributed by atoms with Crippen LogP contribution in [0.25, 0.3) is 10.1 Å². The summed E-state index contributed by atoms with van der Waals surface area (Å²) in [5.74, 6) is 0.304. The summed E-state index contributed by atoms with van der Waals surface area (Å²) in [4.78, 5) is 0. The molecule has 0 aliphatic heterocycles. The van der Waals surface area contributed by atoms with Crippen LogP contribution in [0.4, 0.5) is 0 Å². The molecule has 0 radical (unpaired) electrons. The zero-order chi connectivity index (χ0) is 8.55. The molecule has 2 nitrogen and oxygen atoms in total. The van der Waals surface area contributed by atoms with Crippen molar-refractivity contribution < 1.29 is 5.11 Å². The third-order valence-electron chi connectivity index (χ3n) is 1.60. The van der Waals surface area contributed by atoms with E-state index < -0.39 is 0 Å². The van der Waals surface area contributed by atoms with Crippen molar-refractivity contribution in [3.63, 3.8) is 0 Å². The maximum Gasteiger partial charge on any atom is 0.117 e. The van der Waals surface area contributed by atoms with Gasteiger partial charge in [0.2, 0.25) is 0 Å². The predicted molar refractivity (Wildman–Crippen MR) is 53.5 cm³/mol. The Hall–Kier alpha value is -0.710. The van der Waals surface area contributed by atoms with Crippen molar-refractivity contribution in [2.45, 2.75) is 4.21 Å². The van der Waals surface area contributed by atoms with Gasteiger partial charge in [-0.15, -0.1) is 11.3 Å². The first kappa shape index (κ1) is 7.91. The topological polar surface area (TPSA) is 46.2 Å². The van der Waals surface area contributed by atoms with Crippen LogP contribution >= 0.6 is 23.3 Å². The Bertz CT molecular complexity index is 410. The van der Waals surface area contributed by atoms with Crippen molar-refractivity contribution in [3.8, 4) is 5.75 Å². The Morgan fingerprint density at radius 3 is 2.92 bits per heavy atom. The zero-order valence-corrected chi connectivity index (χ0v) is 7.78. The van der Waals surface area contributed by atoms with Gasteiger partial charge in [-0.2, -0.15) is 0 Å². The van der Waals surface area contributed by atoms with Crippen LogP contribution in [0.1, 0.15) is 0 Å². The first-order valence-electron chi connectivity index (χ1n) is 3.39. The standard InChI is InChI=1S/C8H7NOS2/c9-12-8-3-5-1-2-6(10)4-7(5)11-8/h1-4,10H,9H2. The normalized spacial score (nSPS) is 10.8. The van der Waals surface area contributed by atoms with E-state index in [4.69, 9.17) is 5.14 Å². The molecule has 12 heavy (non-hydrogen) atoms. The first-order chi connectivity index (χ1) is 5.79. The lowest BCUT2D eigenvalue weighted by atomic mass is 10.2. The van der Waals surface area contributed by atoms with E-state index in [0.29, 0.717) is 5.75 Å². The minimum atomic E-state index is 0.304. The molecule has 0 saturated heterocycles. The second-order valence-corrected chi connectivity index (χ2v) is 4.42. The number of hydrogen-bond donors (Lipinski definition) is 2. The number of nitrogens with two attached hydrogens (primary N) is 1. The predicted octanol–water partition coefficient (Wildman–Crippen LogP) is 2.57. The zero-order valence-electron chi connectivity index (χ0n) is 6.15. The highest BCUT2D eigenvalue weighted by Crippen LogP contribution is 2.32. The van der Waals surface area contributed by atoms with Gasteiger partial charge in [-0.3, -0.25) is 5.14 Å². The quantitative estimate of drug-likeness (QED) is 0.691. The van der Waals surface area contributed by atoms with Gasteiger partial charge in [0.15, 0.2) is 0 Å². The summed E-state index contributed by atoms with van der Waals surface area (Å²) in [6, 6.07) is 7.34. The third-order valence-corrected chi connectivity index (χ3v) is 3.38. The minimum Gasteiger partial charge on any atom is -0.508 e. The van der Waals surface area contributed by atoms with Gasteiger partial charge >= 0.3 is 0 Å². The molecule has 62 valence electrons. The number of thiophene rings is 1. The van der Waals surface area contributed by atoms with Gasteiger partial charge in [0.05, 0.1) is 4.21 Å². The maximum absolute atomic E-state index is 9.18. The number of phenols is 1. The Labute approximate surface area is 78.1 Å². The van der Waals surface area contributed by atoms with Crippen LogP contribution in [-0.4, -0.2) is 5.11 Å². The van der Waals surface area contributed by atoms with Crippen molar-refractivity contribution >= 4 is 33.4 Å². The Balaban J connectivity index is 2.67. The Kier molecular flexibility index (Phi) is 1.96. The molecule has 3 N–H and O–H groups in total. The molecule has 0 saturated carbocycles. The number of benzene rings is 1. The SMILES string of the molecule is NSc1cc2ccc(O)cc2s1. The minimum absolute atomic E-state index is 0.304. The van der Waals surface area contributed by atoms with E-state index in [-0.39, 0.29) is 0 Å². The van der Waals surface area contributed by atoms with E-state index in [2.05, 4.69) is 0 Å². The van der Waals surface area contributed by atoms with Crippen LogP contribution < -0.4 is 5.14 Å². The summed E-state index contributed by atoms with van der Waals surface area (Å²) in [6.07, 6.45) is 0. The summed E-state index contributed by atoms with van der Waals surface area (Å²) in [7, 11) is 0. The van der Waals surface area contributed by atoms with Gasteiger partial charge in [0.1, 0.15) is 5.75 Å².